The lowest BCUT2D eigenvalue weighted by atomic mass is 10.1. The maximum Gasteiger partial charge on any atom is 0.264 e. The monoisotopic (exact) mass is 355 g/mol. The largest absolute Gasteiger partial charge is 0.331 e. The van der Waals surface area contributed by atoms with Crippen LogP contribution in [-0.2, 0) is 0 Å². The number of hydrogen-bond donors (Lipinski definition) is 1. The third kappa shape index (κ3) is 2.78. The van der Waals surface area contributed by atoms with E-state index in [1.807, 2.05) is 17.2 Å². The van der Waals surface area contributed by atoms with Gasteiger partial charge in [-0.3, -0.25) is 9.59 Å². The highest BCUT2D eigenvalue weighted by Gasteiger charge is 2.32. The molecule has 3 aromatic rings. The van der Waals surface area contributed by atoms with Gasteiger partial charge in [-0.25, -0.2) is 9.78 Å². The van der Waals surface area contributed by atoms with Crippen molar-refractivity contribution < 1.29 is 4.79 Å². The molecule has 0 bridgehead atoms. The Morgan fingerprint density at radius 1 is 1.36 bits per heavy atom. The van der Waals surface area contributed by atoms with Gasteiger partial charge in [-0.15, -0.1) is 0 Å². The van der Waals surface area contributed by atoms with Gasteiger partial charge in [-0.1, -0.05) is 0 Å². The summed E-state index contributed by atoms with van der Waals surface area (Å²) in [6, 6.07) is 5.18. The fourth-order valence-electron chi connectivity index (χ4n) is 3.28. The molecular formula is C17H17N5O2S. The summed E-state index contributed by atoms with van der Waals surface area (Å²) in [5, 5.41) is 14.8. The van der Waals surface area contributed by atoms with Crippen LogP contribution in [-0.4, -0.2) is 37.3 Å². The number of H-pyrrole nitrogens is 1. The highest BCUT2D eigenvalue weighted by Crippen LogP contribution is 2.34. The number of carbonyl (C=O) groups excluding carboxylic acids is 1. The van der Waals surface area contributed by atoms with Gasteiger partial charge in [0, 0.05) is 12.6 Å². The topological polar surface area (TPSA) is 83.9 Å². The summed E-state index contributed by atoms with van der Waals surface area (Å²) < 4.78 is 1.57. The summed E-state index contributed by atoms with van der Waals surface area (Å²) in [6.07, 6.45) is 3.56. The summed E-state index contributed by atoms with van der Waals surface area (Å²) in [5.41, 5.74) is 2.19. The minimum absolute atomic E-state index is 0.0122. The molecule has 1 N–H and O–H groups in total. The van der Waals surface area contributed by atoms with Crippen LogP contribution in [0.2, 0.25) is 0 Å². The molecule has 0 spiro atoms. The molecule has 4 heterocycles. The van der Waals surface area contributed by atoms with Crippen LogP contribution < -0.4 is 5.56 Å². The molecule has 0 aliphatic carbocycles. The van der Waals surface area contributed by atoms with Crippen LogP contribution in [0.3, 0.4) is 0 Å². The summed E-state index contributed by atoms with van der Waals surface area (Å²) in [6.45, 7) is 2.59. The third-order valence-corrected chi connectivity index (χ3v) is 5.26. The van der Waals surface area contributed by atoms with E-state index in [0.717, 1.165) is 19.4 Å². The number of rotatable bonds is 3. The number of aromatic amines is 1. The lowest BCUT2D eigenvalue weighted by molar-refractivity contribution is 0.0735. The van der Waals surface area contributed by atoms with Crippen molar-refractivity contribution in [1.29, 1.82) is 0 Å². The van der Waals surface area contributed by atoms with Crippen molar-refractivity contribution in [3.8, 4) is 5.82 Å². The average Bonchev–Trinajstić information content (AvgIpc) is 3.35. The Balaban J connectivity index is 1.65. The predicted octanol–water partition coefficient (Wildman–Crippen LogP) is 2.30. The van der Waals surface area contributed by atoms with Crippen LogP contribution in [0, 0.1) is 6.92 Å². The Bertz CT molecular complexity index is 939. The molecular weight excluding hydrogens is 338 g/mol. The molecule has 1 amide bonds. The van der Waals surface area contributed by atoms with Crippen molar-refractivity contribution in [2.24, 2.45) is 0 Å². The van der Waals surface area contributed by atoms with Crippen LogP contribution in [0.4, 0.5) is 0 Å². The standard InChI is InChI=1S/C17H17N5O2S/c1-11-13(9-18-22(11)15-4-5-16(23)20-19-15)17(24)21-7-2-3-14(21)12-6-8-25-10-12/h4-6,8-10,14H,2-3,7H2,1H3,(H,20,23)/t14-/m0/s1. The molecule has 0 saturated carbocycles. The first-order valence-corrected chi connectivity index (χ1v) is 9.03. The fourth-order valence-corrected chi connectivity index (χ4v) is 3.99. The second-order valence-corrected chi connectivity index (χ2v) is 6.83. The summed E-state index contributed by atoms with van der Waals surface area (Å²) >= 11 is 1.65. The first kappa shape index (κ1) is 15.8. The third-order valence-electron chi connectivity index (χ3n) is 4.56. The number of hydrogen-bond acceptors (Lipinski definition) is 5. The predicted molar refractivity (Wildman–Crippen MR) is 94.0 cm³/mol. The van der Waals surface area contributed by atoms with Crippen molar-refractivity contribution in [2.45, 2.75) is 25.8 Å². The van der Waals surface area contributed by atoms with E-state index in [9.17, 15) is 9.59 Å². The molecule has 0 aromatic carbocycles. The van der Waals surface area contributed by atoms with Crippen LogP contribution in [0.5, 0.6) is 0 Å². The minimum Gasteiger partial charge on any atom is -0.331 e. The maximum absolute atomic E-state index is 13.1. The number of amides is 1. The molecule has 1 aliphatic rings. The van der Waals surface area contributed by atoms with Gasteiger partial charge in [-0.2, -0.15) is 21.5 Å². The maximum atomic E-state index is 13.1. The summed E-state index contributed by atoms with van der Waals surface area (Å²) in [5.74, 6) is 0.467. The van der Waals surface area contributed by atoms with Crippen molar-refractivity contribution in [1.82, 2.24) is 24.9 Å². The van der Waals surface area contributed by atoms with Gasteiger partial charge in [0.25, 0.3) is 11.5 Å². The normalized spacial score (nSPS) is 17.2. The van der Waals surface area contributed by atoms with E-state index in [4.69, 9.17) is 0 Å². The molecule has 7 nitrogen and oxygen atoms in total. The molecule has 1 atom stereocenters. The molecule has 0 unspecified atom stereocenters. The number of likely N-dealkylation sites (tertiary alicyclic amines) is 1. The number of thiophene rings is 1. The second kappa shape index (κ2) is 6.29. The summed E-state index contributed by atoms with van der Waals surface area (Å²) in [4.78, 5) is 26.2. The smallest absolute Gasteiger partial charge is 0.264 e. The first-order valence-electron chi connectivity index (χ1n) is 8.09. The molecule has 128 valence electrons. The lowest BCUT2D eigenvalue weighted by Crippen LogP contribution is -2.30. The van der Waals surface area contributed by atoms with E-state index < -0.39 is 0 Å². The van der Waals surface area contributed by atoms with Gasteiger partial charge in [0.2, 0.25) is 0 Å². The molecule has 3 aromatic heterocycles. The molecule has 1 fully saturated rings. The summed E-state index contributed by atoms with van der Waals surface area (Å²) in [7, 11) is 0. The molecule has 25 heavy (non-hydrogen) atoms. The highest BCUT2D eigenvalue weighted by atomic mass is 32.1. The van der Waals surface area contributed by atoms with E-state index in [2.05, 4.69) is 26.7 Å². The Morgan fingerprint density at radius 2 is 2.24 bits per heavy atom. The van der Waals surface area contributed by atoms with Gasteiger partial charge < -0.3 is 4.90 Å². The van der Waals surface area contributed by atoms with Crippen molar-refractivity contribution in [2.75, 3.05) is 6.54 Å². The van der Waals surface area contributed by atoms with Crippen molar-refractivity contribution in [3.05, 3.63) is 62.3 Å². The Labute approximate surface area is 147 Å². The lowest BCUT2D eigenvalue weighted by Gasteiger charge is -2.24. The number of carbonyl (C=O) groups is 1. The van der Waals surface area contributed by atoms with Crippen LogP contribution in [0.15, 0.2) is 40.0 Å². The highest BCUT2D eigenvalue weighted by molar-refractivity contribution is 7.08. The number of nitrogens with one attached hydrogen (secondary N) is 1. The van der Waals surface area contributed by atoms with E-state index in [1.165, 1.54) is 11.6 Å². The average molecular weight is 355 g/mol. The van der Waals surface area contributed by atoms with Gasteiger partial charge in [0.15, 0.2) is 5.82 Å². The van der Waals surface area contributed by atoms with Crippen LogP contribution in [0.1, 0.15) is 40.5 Å². The Hall–Kier alpha value is -2.74. The Morgan fingerprint density at radius 3 is 2.96 bits per heavy atom. The van der Waals surface area contributed by atoms with Crippen molar-refractivity contribution >= 4 is 17.2 Å². The SMILES string of the molecule is Cc1c(C(=O)N2CCC[C@H]2c2ccsc2)cnn1-c1ccc(=O)[nH]n1. The molecule has 1 aliphatic heterocycles. The van der Waals surface area contributed by atoms with E-state index in [0.29, 0.717) is 17.1 Å². The van der Waals surface area contributed by atoms with Gasteiger partial charge in [0.05, 0.1) is 23.5 Å². The van der Waals surface area contributed by atoms with Crippen LogP contribution in [0.25, 0.3) is 5.82 Å². The minimum atomic E-state index is -0.277. The van der Waals surface area contributed by atoms with Gasteiger partial charge in [-0.05, 0) is 48.2 Å². The number of nitrogens with zero attached hydrogens (tertiary/aromatic N) is 4. The first-order chi connectivity index (χ1) is 12.1. The zero-order chi connectivity index (χ0) is 17.4. The van der Waals surface area contributed by atoms with Gasteiger partial charge >= 0.3 is 0 Å². The Kier molecular flexibility index (Phi) is 3.96. The number of aromatic nitrogens is 4. The fraction of sp³-hybridized carbons (Fsp3) is 0.294. The van der Waals surface area contributed by atoms with E-state index in [1.54, 1.807) is 28.3 Å². The molecule has 8 heteroatoms. The quantitative estimate of drug-likeness (QED) is 0.781. The van der Waals surface area contributed by atoms with E-state index in [-0.39, 0.29) is 17.5 Å². The second-order valence-electron chi connectivity index (χ2n) is 6.05. The molecule has 1 saturated heterocycles. The zero-order valence-electron chi connectivity index (χ0n) is 13.7. The van der Waals surface area contributed by atoms with Gasteiger partial charge in [0.1, 0.15) is 0 Å². The van der Waals surface area contributed by atoms with Crippen LogP contribution >= 0.6 is 11.3 Å². The zero-order valence-corrected chi connectivity index (χ0v) is 14.5. The molecule has 0 radical (unpaired) electrons. The van der Waals surface area contributed by atoms with Crippen molar-refractivity contribution in [3.63, 3.8) is 0 Å². The van der Waals surface area contributed by atoms with E-state index >= 15 is 0 Å². The molecule has 4 rings (SSSR count).